The number of hydrogen-bond acceptors (Lipinski definition) is 5. The molecule has 1 aliphatic carbocycles. The van der Waals surface area contributed by atoms with Crippen LogP contribution in [0, 0.1) is 17.2 Å². The molecule has 2 rings (SSSR count). The van der Waals surface area contributed by atoms with Gasteiger partial charge in [-0.25, -0.2) is 4.79 Å². The summed E-state index contributed by atoms with van der Waals surface area (Å²) in [6.07, 6.45) is 5.01. The summed E-state index contributed by atoms with van der Waals surface area (Å²) in [7, 11) is 2.90. The van der Waals surface area contributed by atoms with Crippen LogP contribution in [0.3, 0.4) is 0 Å². The normalized spacial score (nSPS) is 21.0. The van der Waals surface area contributed by atoms with Crippen molar-refractivity contribution in [2.75, 3.05) is 18.5 Å². The Bertz CT molecular complexity index is 714. The molecule has 1 aromatic heterocycles. The van der Waals surface area contributed by atoms with E-state index in [4.69, 9.17) is 4.74 Å². The second-order valence-corrected chi connectivity index (χ2v) is 6.14. The summed E-state index contributed by atoms with van der Waals surface area (Å²) in [6.45, 7) is 3.12. The van der Waals surface area contributed by atoms with Gasteiger partial charge in [-0.05, 0) is 18.8 Å². The zero-order chi connectivity index (χ0) is 17.0. The van der Waals surface area contributed by atoms with Gasteiger partial charge >= 0.3 is 5.69 Å². The summed E-state index contributed by atoms with van der Waals surface area (Å²) >= 11 is 0. The molecule has 0 saturated heterocycles. The minimum atomic E-state index is -0.583. The van der Waals surface area contributed by atoms with E-state index in [1.807, 2.05) is 6.07 Å². The molecule has 0 amide bonds. The number of nitriles is 1. The van der Waals surface area contributed by atoms with Gasteiger partial charge in [0.15, 0.2) is 5.56 Å². The second kappa shape index (κ2) is 7.47. The topological polar surface area (TPSA) is 89.1 Å². The third-order valence-corrected chi connectivity index (χ3v) is 4.54. The molecule has 1 fully saturated rings. The monoisotopic (exact) mass is 320 g/mol. The summed E-state index contributed by atoms with van der Waals surface area (Å²) in [5.74, 6) is 0.813. The van der Waals surface area contributed by atoms with Crippen molar-refractivity contribution in [1.29, 1.82) is 5.26 Å². The van der Waals surface area contributed by atoms with Crippen LogP contribution in [-0.2, 0) is 18.8 Å². The van der Waals surface area contributed by atoms with Crippen LogP contribution in [0.4, 0.5) is 5.82 Å². The molecule has 7 nitrogen and oxygen atoms in total. The van der Waals surface area contributed by atoms with E-state index < -0.39 is 11.2 Å². The first-order valence-corrected chi connectivity index (χ1v) is 8.03. The van der Waals surface area contributed by atoms with Crippen molar-refractivity contribution in [3.05, 3.63) is 26.4 Å². The number of nitrogens with one attached hydrogen (secondary N) is 1. The predicted molar refractivity (Wildman–Crippen MR) is 87.5 cm³/mol. The molecule has 1 heterocycles. The van der Waals surface area contributed by atoms with Crippen LogP contribution >= 0.6 is 0 Å². The lowest BCUT2D eigenvalue weighted by Gasteiger charge is -2.28. The first-order valence-electron chi connectivity index (χ1n) is 8.03. The van der Waals surface area contributed by atoms with Gasteiger partial charge < -0.3 is 10.1 Å². The highest BCUT2D eigenvalue weighted by atomic mass is 16.5. The number of rotatable bonds is 5. The van der Waals surface area contributed by atoms with Crippen LogP contribution in [0.1, 0.15) is 38.2 Å². The molecule has 23 heavy (non-hydrogen) atoms. The predicted octanol–water partition coefficient (Wildman–Crippen LogP) is 0.963. The van der Waals surface area contributed by atoms with Crippen LogP contribution in [-0.4, -0.2) is 28.4 Å². The van der Waals surface area contributed by atoms with Crippen molar-refractivity contribution in [1.82, 2.24) is 9.13 Å². The fraction of sp³-hybridized carbons (Fsp3) is 0.688. The third-order valence-electron chi connectivity index (χ3n) is 4.54. The summed E-state index contributed by atoms with van der Waals surface area (Å²) in [4.78, 5) is 23.9. The molecule has 7 heteroatoms. The highest BCUT2D eigenvalue weighted by molar-refractivity contribution is 5.51. The second-order valence-electron chi connectivity index (χ2n) is 6.14. The Balaban J connectivity index is 2.02. The Morgan fingerprint density at radius 2 is 1.96 bits per heavy atom. The van der Waals surface area contributed by atoms with Gasteiger partial charge in [-0.1, -0.05) is 19.8 Å². The van der Waals surface area contributed by atoms with E-state index in [9.17, 15) is 14.9 Å². The van der Waals surface area contributed by atoms with Crippen molar-refractivity contribution in [3.63, 3.8) is 0 Å². The lowest BCUT2D eigenvalue weighted by molar-refractivity contribution is 0.000353. The Morgan fingerprint density at radius 3 is 2.61 bits per heavy atom. The first kappa shape index (κ1) is 17.3. The van der Waals surface area contributed by atoms with Crippen LogP contribution in [0.5, 0.6) is 0 Å². The van der Waals surface area contributed by atoms with Crippen molar-refractivity contribution >= 4 is 5.82 Å². The van der Waals surface area contributed by atoms with Gasteiger partial charge in [-0.15, -0.1) is 0 Å². The quantitative estimate of drug-likeness (QED) is 0.816. The Hall–Kier alpha value is -2.07. The lowest BCUT2D eigenvalue weighted by atomic mass is 9.88. The fourth-order valence-corrected chi connectivity index (χ4v) is 3.06. The smallest absolute Gasteiger partial charge is 0.332 e. The molecule has 0 aliphatic heterocycles. The van der Waals surface area contributed by atoms with Crippen molar-refractivity contribution in [3.8, 4) is 6.07 Å². The maximum absolute atomic E-state index is 12.0. The molecule has 2 atom stereocenters. The summed E-state index contributed by atoms with van der Waals surface area (Å²) in [5, 5.41) is 12.2. The molecule has 2 unspecified atom stereocenters. The van der Waals surface area contributed by atoms with Crippen molar-refractivity contribution in [2.24, 2.45) is 20.0 Å². The maximum atomic E-state index is 12.0. The van der Waals surface area contributed by atoms with Gasteiger partial charge in [-0.2, -0.15) is 5.26 Å². The van der Waals surface area contributed by atoms with E-state index in [1.54, 1.807) is 0 Å². The molecule has 1 saturated carbocycles. The van der Waals surface area contributed by atoms with Crippen LogP contribution in [0.2, 0.25) is 0 Å². The average Bonchev–Trinajstić information content (AvgIpc) is 2.55. The van der Waals surface area contributed by atoms with Gasteiger partial charge in [0.1, 0.15) is 11.9 Å². The average molecular weight is 320 g/mol. The van der Waals surface area contributed by atoms with E-state index in [2.05, 4.69) is 12.2 Å². The van der Waals surface area contributed by atoms with Gasteiger partial charge in [0.2, 0.25) is 0 Å². The Kier molecular flexibility index (Phi) is 5.61. The van der Waals surface area contributed by atoms with Crippen molar-refractivity contribution in [2.45, 2.75) is 38.7 Å². The van der Waals surface area contributed by atoms with E-state index >= 15 is 0 Å². The molecule has 1 N–H and O–H groups in total. The largest absolute Gasteiger partial charge is 0.376 e. The zero-order valence-electron chi connectivity index (χ0n) is 14.0. The lowest BCUT2D eigenvalue weighted by Crippen LogP contribution is -2.40. The van der Waals surface area contributed by atoms with Gasteiger partial charge in [0, 0.05) is 20.6 Å². The molecular formula is C16H24N4O3. The molecule has 0 aromatic carbocycles. The molecule has 1 aromatic rings. The first-order chi connectivity index (χ1) is 11.0. The Labute approximate surface area is 135 Å². The molecule has 0 spiro atoms. The van der Waals surface area contributed by atoms with Gasteiger partial charge in [0.25, 0.3) is 5.56 Å². The van der Waals surface area contributed by atoms with Crippen molar-refractivity contribution < 1.29 is 4.74 Å². The molecular weight excluding hydrogens is 296 g/mol. The fourth-order valence-electron chi connectivity index (χ4n) is 3.06. The summed E-state index contributed by atoms with van der Waals surface area (Å²) in [5.41, 5.74) is -1.10. The number of hydrogen-bond donors (Lipinski definition) is 1. The van der Waals surface area contributed by atoms with Crippen LogP contribution in [0.15, 0.2) is 9.59 Å². The minimum Gasteiger partial charge on any atom is -0.376 e. The maximum Gasteiger partial charge on any atom is 0.332 e. The molecule has 126 valence electrons. The SMILES string of the molecule is CC1CCCCC1OCCNc1c(C#N)c(=O)n(C)c(=O)n1C. The number of nitrogens with zero attached hydrogens (tertiary/aromatic N) is 3. The van der Waals surface area contributed by atoms with E-state index in [1.165, 1.54) is 37.9 Å². The third kappa shape index (κ3) is 3.64. The van der Waals surface area contributed by atoms with E-state index in [0.29, 0.717) is 19.1 Å². The van der Waals surface area contributed by atoms with Gasteiger partial charge in [-0.3, -0.25) is 13.9 Å². The number of anilines is 1. The van der Waals surface area contributed by atoms with E-state index in [-0.39, 0.29) is 17.5 Å². The summed E-state index contributed by atoms with van der Waals surface area (Å²) in [6, 6.07) is 1.87. The minimum absolute atomic E-state index is 0.0550. The highest BCUT2D eigenvalue weighted by Gasteiger charge is 2.21. The van der Waals surface area contributed by atoms with Crippen LogP contribution < -0.4 is 16.6 Å². The molecule has 1 aliphatic rings. The Morgan fingerprint density at radius 1 is 1.26 bits per heavy atom. The number of ether oxygens (including phenoxy) is 1. The van der Waals surface area contributed by atoms with E-state index in [0.717, 1.165) is 11.0 Å². The molecule has 0 radical (unpaired) electrons. The standard InChI is InChI=1S/C16H24N4O3/c1-11-6-4-5-7-13(11)23-9-8-18-14-12(10-17)15(21)20(3)16(22)19(14)2/h11,13,18H,4-9H2,1-3H3. The highest BCUT2D eigenvalue weighted by Crippen LogP contribution is 2.26. The summed E-state index contributed by atoms with van der Waals surface area (Å²) < 4.78 is 8.11. The molecule has 0 bridgehead atoms. The van der Waals surface area contributed by atoms with Gasteiger partial charge in [0.05, 0.1) is 12.7 Å². The zero-order valence-corrected chi connectivity index (χ0v) is 14.0. The number of aromatic nitrogens is 2. The van der Waals surface area contributed by atoms with Crippen LogP contribution in [0.25, 0.3) is 0 Å².